The summed E-state index contributed by atoms with van der Waals surface area (Å²) in [6, 6.07) is 6.91. The fourth-order valence-corrected chi connectivity index (χ4v) is 4.69. The number of nitriles is 1. The lowest BCUT2D eigenvalue weighted by molar-refractivity contribution is -0.118. The first kappa shape index (κ1) is 26.1. The topological polar surface area (TPSA) is 132 Å². The first-order valence-corrected chi connectivity index (χ1v) is 12.2. The number of thiazole rings is 1. The van der Waals surface area contributed by atoms with Gasteiger partial charge in [-0.3, -0.25) is 23.9 Å². The van der Waals surface area contributed by atoms with Gasteiger partial charge in [-0.05, 0) is 38.8 Å². The van der Waals surface area contributed by atoms with Crippen LogP contribution in [-0.2, 0) is 16.1 Å². The Kier molecular flexibility index (Phi) is 9.11. The van der Waals surface area contributed by atoms with E-state index in [0.29, 0.717) is 55.2 Å². The monoisotopic (exact) mass is 501 g/mol. The van der Waals surface area contributed by atoms with Gasteiger partial charge in [0.25, 0.3) is 11.5 Å². The number of halogens is 1. The molecule has 0 unspecified atom stereocenters. The van der Waals surface area contributed by atoms with E-state index in [1.54, 1.807) is 32.0 Å². The number of aromatic nitrogens is 2. The molecule has 0 radical (unpaired) electrons. The molecule has 0 aromatic carbocycles. The summed E-state index contributed by atoms with van der Waals surface area (Å²) in [7, 11) is 0. The van der Waals surface area contributed by atoms with Gasteiger partial charge in [-0.25, -0.2) is 9.37 Å². The van der Waals surface area contributed by atoms with Crippen LogP contribution >= 0.6 is 11.3 Å². The van der Waals surface area contributed by atoms with Gasteiger partial charge in [-0.2, -0.15) is 5.26 Å². The van der Waals surface area contributed by atoms with Gasteiger partial charge in [0, 0.05) is 32.4 Å². The van der Waals surface area contributed by atoms with Crippen LogP contribution in [0.15, 0.2) is 23.0 Å². The Bertz CT molecular complexity index is 1290. The van der Waals surface area contributed by atoms with Crippen molar-refractivity contribution >= 4 is 46.6 Å². The van der Waals surface area contributed by atoms with E-state index >= 15 is 0 Å². The van der Waals surface area contributed by atoms with Gasteiger partial charge in [0.2, 0.25) is 5.91 Å². The van der Waals surface area contributed by atoms with E-state index in [-0.39, 0.29) is 28.2 Å². The van der Waals surface area contributed by atoms with E-state index in [4.69, 9.17) is 0 Å². The molecule has 0 spiro atoms. The Hall–Kier alpha value is -3.56. The molecule has 3 N–H and O–H groups in total. The smallest absolute Gasteiger partial charge is 0.270 e. The van der Waals surface area contributed by atoms with E-state index in [1.807, 2.05) is 11.0 Å². The Balaban J connectivity index is 1.77. The average Bonchev–Trinajstić information content (AvgIpc) is 3.15. The second kappa shape index (κ2) is 12.2. The van der Waals surface area contributed by atoms with Crippen LogP contribution in [0.2, 0.25) is 0 Å². The number of nitrogens with zero attached hydrogens (tertiary/aromatic N) is 4. The highest BCUT2D eigenvalue weighted by molar-refractivity contribution is 7.07. The minimum atomic E-state index is -0.797. The average molecular weight is 502 g/mol. The molecule has 1 saturated heterocycles. The minimum Gasteiger partial charge on any atom is -0.352 e. The molecule has 1 fully saturated rings. The highest BCUT2D eigenvalue weighted by Gasteiger charge is 2.20. The fraction of sp³-hybridized carbons (Fsp3) is 0.435. The van der Waals surface area contributed by atoms with Crippen LogP contribution in [0, 0.1) is 11.3 Å². The van der Waals surface area contributed by atoms with Gasteiger partial charge in [0.15, 0.2) is 5.57 Å². The van der Waals surface area contributed by atoms with Crippen molar-refractivity contribution < 1.29 is 14.0 Å². The number of hydrogen-bond donors (Lipinski definition) is 3. The third-order valence-corrected chi connectivity index (χ3v) is 6.50. The van der Waals surface area contributed by atoms with E-state index in [1.165, 1.54) is 10.8 Å². The zero-order valence-corrected chi connectivity index (χ0v) is 20.5. The predicted octanol–water partition coefficient (Wildman–Crippen LogP) is 0.358. The Labute approximate surface area is 205 Å². The summed E-state index contributed by atoms with van der Waals surface area (Å²) in [5.41, 5.74) is -0.451. The molecule has 186 valence electrons. The number of likely N-dealkylation sites (tertiary alicyclic amines) is 1. The van der Waals surface area contributed by atoms with Crippen LogP contribution in [-0.4, -0.2) is 58.6 Å². The van der Waals surface area contributed by atoms with Crippen LogP contribution in [0.3, 0.4) is 0 Å². The maximum Gasteiger partial charge on any atom is 0.270 e. The maximum absolute atomic E-state index is 13.3. The van der Waals surface area contributed by atoms with Gasteiger partial charge in [0.05, 0.1) is 6.54 Å². The standard InChI is InChI=1S/C23H28FN7O3S/c1-3-26-21(33)16(12-25)23-31(4-2)22(34)17(35-23)13-27-18-6-5-7-19(28-18)29-20(32)14-30-10-8-15(24)9-11-30/h5-7,13,15H,3-4,8-11,14H2,1-2H3,(H,26,33)(H2,27,28,29,32). The minimum absolute atomic E-state index is 0.117. The molecule has 3 heterocycles. The van der Waals surface area contributed by atoms with E-state index in [0.717, 1.165) is 11.3 Å². The fourth-order valence-electron chi connectivity index (χ4n) is 3.61. The first-order valence-electron chi connectivity index (χ1n) is 11.4. The van der Waals surface area contributed by atoms with E-state index in [9.17, 15) is 24.0 Å². The lowest BCUT2D eigenvalue weighted by atomic mass is 10.1. The summed E-state index contributed by atoms with van der Waals surface area (Å²) in [5.74, 6) is -0.0404. The van der Waals surface area contributed by atoms with Crippen LogP contribution in [0.1, 0.15) is 26.7 Å². The highest BCUT2D eigenvalue weighted by Crippen LogP contribution is 2.13. The zero-order valence-electron chi connectivity index (χ0n) is 19.6. The number of carbonyl (C=O) groups excluding carboxylic acids is 2. The largest absolute Gasteiger partial charge is 0.352 e. The number of amides is 2. The van der Waals surface area contributed by atoms with Crippen molar-refractivity contribution in [2.45, 2.75) is 39.4 Å². The van der Waals surface area contributed by atoms with Crippen molar-refractivity contribution in [1.29, 1.82) is 5.26 Å². The molecule has 0 aliphatic carbocycles. The number of nitrogens with one attached hydrogen (secondary N) is 3. The molecule has 0 bridgehead atoms. The van der Waals surface area contributed by atoms with E-state index in [2.05, 4.69) is 20.9 Å². The Morgan fingerprint density at radius 3 is 2.66 bits per heavy atom. The SMILES string of the molecule is CCNC(=O)C(C#N)=c1sc(=CNc2cccc(NC(=O)CN3CCC(F)CC3)n2)c(=O)n1CC. The lowest BCUT2D eigenvalue weighted by Gasteiger charge is -2.27. The summed E-state index contributed by atoms with van der Waals surface area (Å²) < 4.78 is 15.2. The molecule has 3 rings (SSSR count). The molecule has 10 nitrogen and oxygen atoms in total. The number of piperidine rings is 1. The summed E-state index contributed by atoms with van der Waals surface area (Å²) >= 11 is 1.03. The molecule has 0 atom stereocenters. The molecular formula is C23H28FN7O3S. The van der Waals surface area contributed by atoms with Crippen LogP contribution in [0.4, 0.5) is 16.0 Å². The van der Waals surface area contributed by atoms with Gasteiger partial charge in [-0.1, -0.05) is 6.07 Å². The Morgan fingerprint density at radius 1 is 1.29 bits per heavy atom. The van der Waals surface area contributed by atoms with Crippen molar-refractivity contribution in [2.24, 2.45) is 0 Å². The maximum atomic E-state index is 13.3. The predicted molar refractivity (Wildman–Crippen MR) is 133 cm³/mol. The highest BCUT2D eigenvalue weighted by atomic mass is 32.1. The van der Waals surface area contributed by atoms with Crippen molar-refractivity contribution in [1.82, 2.24) is 19.8 Å². The summed E-state index contributed by atoms with van der Waals surface area (Å²) in [4.78, 5) is 43.6. The summed E-state index contributed by atoms with van der Waals surface area (Å²) in [5, 5.41) is 17.7. The molecule has 2 aromatic heterocycles. The number of alkyl halides is 1. The van der Waals surface area contributed by atoms with Gasteiger partial charge in [0.1, 0.15) is 33.1 Å². The van der Waals surface area contributed by atoms with Crippen LogP contribution < -0.4 is 30.7 Å². The van der Waals surface area contributed by atoms with Crippen LogP contribution in [0.25, 0.3) is 11.8 Å². The first-order chi connectivity index (χ1) is 16.9. The number of anilines is 2. The molecule has 1 aliphatic rings. The second-order valence-electron chi connectivity index (χ2n) is 7.86. The van der Waals surface area contributed by atoms with Crippen molar-refractivity contribution in [3.63, 3.8) is 0 Å². The Morgan fingerprint density at radius 2 is 2.00 bits per heavy atom. The normalized spacial score (nSPS) is 15.9. The van der Waals surface area contributed by atoms with Crippen LogP contribution in [0.5, 0.6) is 0 Å². The molecule has 35 heavy (non-hydrogen) atoms. The van der Waals surface area contributed by atoms with Crippen molar-refractivity contribution in [3.05, 3.63) is 37.7 Å². The van der Waals surface area contributed by atoms with Gasteiger partial charge in [-0.15, -0.1) is 11.3 Å². The summed E-state index contributed by atoms with van der Waals surface area (Å²) in [6.45, 7) is 5.41. The summed E-state index contributed by atoms with van der Waals surface area (Å²) in [6.07, 6.45) is 1.53. The third-order valence-electron chi connectivity index (χ3n) is 5.37. The second-order valence-corrected chi connectivity index (χ2v) is 8.89. The molecular weight excluding hydrogens is 473 g/mol. The number of carbonyl (C=O) groups is 2. The van der Waals surface area contributed by atoms with E-state index < -0.39 is 12.1 Å². The molecule has 1 aliphatic heterocycles. The molecule has 0 saturated carbocycles. The zero-order chi connectivity index (χ0) is 25.4. The van der Waals surface area contributed by atoms with Crippen molar-refractivity contribution in [2.75, 3.05) is 36.8 Å². The van der Waals surface area contributed by atoms with Gasteiger partial charge < -0.3 is 16.0 Å². The van der Waals surface area contributed by atoms with Crippen molar-refractivity contribution in [3.8, 4) is 6.07 Å². The molecule has 12 heteroatoms. The number of pyridine rings is 1. The number of rotatable bonds is 8. The lowest BCUT2D eigenvalue weighted by Crippen LogP contribution is -2.39. The number of hydrogen-bond acceptors (Lipinski definition) is 8. The molecule has 2 amide bonds. The van der Waals surface area contributed by atoms with Gasteiger partial charge >= 0.3 is 0 Å². The third kappa shape index (κ3) is 6.74. The quantitative estimate of drug-likeness (QED) is 0.476. The molecule has 2 aromatic rings.